The van der Waals surface area contributed by atoms with Crippen LogP contribution in [0.15, 0.2) is 119 Å². The molecule has 1 amide bonds. The van der Waals surface area contributed by atoms with Crippen molar-refractivity contribution in [2.45, 2.75) is 23.5 Å². The molecule has 0 saturated carbocycles. The minimum Gasteiger partial charge on any atom is -0.379 e. The van der Waals surface area contributed by atoms with Crippen molar-refractivity contribution < 1.29 is 17.9 Å². The fourth-order valence-corrected chi connectivity index (χ4v) is 8.90. The van der Waals surface area contributed by atoms with Crippen LogP contribution in [0.2, 0.25) is 5.02 Å². The van der Waals surface area contributed by atoms with Crippen LogP contribution in [0.4, 0.5) is 5.13 Å². The lowest BCUT2D eigenvalue weighted by atomic mass is 10.1. The number of anilines is 1. The van der Waals surface area contributed by atoms with E-state index in [0.717, 1.165) is 28.1 Å². The summed E-state index contributed by atoms with van der Waals surface area (Å²) in [6.45, 7) is 3.56. The highest BCUT2D eigenvalue weighted by atomic mass is 35.5. The van der Waals surface area contributed by atoms with E-state index in [2.05, 4.69) is 10.2 Å². The fourth-order valence-electron chi connectivity index (χ4n) is 5.66. The number of ether oxygens (including phenoxy) is 1. The van der Waals surface area contributed by atoms with Crippen LogP contribution >= 0.6 is 34.7 Å². The number of nitrogens with zero attached hydrogens (tertiary/aromatic N) is 6. The van der Waals surface area contributed by atoms with Crippen LogP contribution in [-0.4, -0.2) is 70.4 Å². The number of thiazole rings is 1. The first-order chi connectivity index (χ1) is 24.8. The molecule has 6 aromatic rings. The van der Waals surface area contributed by atoms with E-state index in [1.54, 1.807) is 23.1 Å². The Bertz CT molecular complexity index is 2240. The molecular weight excluding hydrogens is 724 g/mol. The Morgan fingerprint density at radius 2 is 1.65 bits per heavy atom. The monoisotopic (exact) mass is 756 g/mol. The van der Waals surface area contributed by atoms with Crippen molar-refractivity contribution in [3.63, 3.8) is 0 Å². The van der Waals surface area contributed by atoms with Crippen LogP contribution in [0.1, 0.15) is 11.1 Å². The number of aryl methyl sites for hydroxylation is 1. The smallest absolute Gasteiger partial charge is 0.243 e. The van der Waals surface area contributed by atoms with Gasteiger partial charge < -0.3 is 4.74 Å². The highest BCUT2D eigenvalue weighted by Gasteiger charge is 2.28. The zero-order valence-electron chi connectivity index (χ0n) is 27.6. The van der Waals surface area contributed by atoms with Crippen LogP contribution in [-0.2, 0) is 26.1 Å². The van der Waals surface area contributed by atoms with E-state index >= 15 is 0 Å². The summed E-state index contributed by atoms with van der Waals surface area (Å²) in [7, 11) is -3.75. The van der Waals surface area contributed by atoms with Crippen molar-refractivity contribution in [1.29, 1.82) is 0 Å². The molecule has 4 aromatic carbocycles. The lowest BCUT2D eigenvalue weighted by Crippen LogP contribution is -2.40. The number of para-hydroxylation sites is 1. The maximum atomic E-state index is 14.1. The molecule has 3 heterocycles. The highest BCUT2D eigenvalue weighted by molar-refractivity contribution is 7.99. The van der Waals surface area contributed by atoms with Gasteiger partial charge in [0.1, 0.15) is 0 Å². The van der Waals surface area contributed by atoms with Gasteiger partial charge in [0.15, 0.2) is 16.1 Å². The molecule has 1 saturated heterocycles. The molecule has 14 heteroatoms. The van der Waals surface area contributed by atoms with E-state index in [4.69, 9.17) is 21.3 Å². The van der Waals surface area contributed by atoms with Crippen LogP contribution in [0.25, 0.3) is 28.3 Å². The third-order valence-electron chi connectivity index (χ3n) is 8.38. The number of sulfonamides is 1. The first-order valence-corrected chi connectivity index (χ1v) is 19.8. The van der Waals surface area contributed by atoms with Crippen LogP contribution in [0.5, 0.6) is 0 Å². The Kier molecular flexibility index (Phi) is 10.6. The molecule has 0 bridgehead atoms. The number of hydrogen-bond acceptors (Lipinski definition) is 9. The number of hydrogen-bond donors (Lipinski definition) is 0. The fraction of sp³-hybridized carbons (Fsp3) is 0.189. The van der Waals surface area contributed by atoms with Gasteiger partial charge >= 0.3 is 0 Å². The second kappa shape index (κ2) is 15.5. The van der Waals surface area contributed by atoms with Gasteiger partial charge in [-0.05, 0) is 54.4 Å². The van der Waals surface area contributed by atoms with Gasteiger partial charge in [-0.1, -0.05) is 90.1 Å². The van der Waals surface area contributed by atoms with E-state index in [1.807, 2.05) is 102 Å². The minimum absolute atomic E-state index is 0.0537. The number of benzene rings is 4. The molecule has 0 atom stereocenters. The third kappa shape index (κ3) is 7.78. The topological polar surface area (TPSA) is 111 Å². The predicted octanol–water partition coefficient (Wildman–Crippen LogP) is 7.37. The Hall–Kier alpha value is -4.37. The molecule has 1 aliphatic rings. The maximum Gasteiger partial charge on any atom is 0.243 e. The SMILES string of the molecule is Cc1ccc(S(=O)(=O)N2CCOCC2)cc1-c1nnc(SCC(=O)N(Cc2ccccc2)c2nc(-c3ccc(Cl)cc3)cs2)n1-c1ccccc1. The average molecular weight is 757 g/mol. The number of halogens is 1. The summed E-state index contributed by atoms with van der Waals surface area (Å²) in [4.78, 5) is 20.8. The summed E-state index contributed by atoms with van der Waals surface area (Å²) in [6.07, 6.45) is 0. The Balaban J connectivity index is 1.20. The first kappa shape index (κ1) is 35.1. The van der Waals surface area contributed by atoms with Gasteiger partial charge in [0.05, 0.1) is 36.1 Å². The molecule has 0 spiro atoms. The van der Waals surface area contributed by atoms with Crippen molar-refractivity contribution in [2.75, 3.05) is 37.0 Å². The van der Waals surface area contributed by atoms with Crippen molar-refractivity contribution >= 4 is 55.8 Å². The Morgan fingerprint density at radius 3 is 2.37 bits per heavy atom. The van der Waals surface area contributed by atoms with E-state index < -0.39 is 10.0 Å². The molecule has 1 fully saturated rings. The summed E-state index contributed by atoms with van der Waals surface area (Å²) in [6, 6.07) is 31.9. The third-order valence-corrected chi connectivity index (χ3v) is 12.3. The maximum absolute atomic E-state index is 14.1. The molecular formula is C37H33ClN6O4S3. The number of thioether (sulfide) groups is 1. The number of amides is 1. The number of carbonyl (C=O) groups excluding carboxylic acids is 1. The minimum atomic E-state index is -3.75. The number of aromatic nitrogens is 4. The summed E-state index contributed by atoms with van der Waals surface area (Å²) in [5.74, 6) is 0.374. The van der Waals surface area contributed by atoms with E-state index in [-0.39, 0.29) is 16.6 Å². The summed E-state index contributed by atoms with van der Waals surface area (Å²) in [5.41, 5.74) is 4.87. The lowest BCUT2D eigenvalue weighted by Gasteiger charge is -2.26. The Labute approximate surface area is 309 Å². The highest BCUT2D eigenvalue weighted by Crippen LogP contribution is 2.34. The molecule has 0 radical (unpaired) electrons. The van der Waals surface area contributed by atoms with Gasteiger partial charge in [0.2, 0.25) is 15.9 Å². The zero-order chi connectivity index (χ0) is 35.4. The molecule has 10 nitrogen and oxygen atoms in total. The second-order valence-electron chi connectivity index (χ2n) is 11.7. The van der Waals surface area contributed by atoms with Gasteiger partial charge in [0, 0.05) is 40.3 Å². The Morgan fingerprint density at radius 1 is 0.941 bits per heavy atom. The standard InChI is InChI=1S/C37H33ClN6O4S3/c1-26-12-17-31(51(46,47)42-18-20-48-21-19-42)22-32(26)35-40-41-37(44(35)30-10-6-3-7-11-30)50-25-34(45)43(23-27-8-4-2-5-9-27)36-39-33(24-49-36)28-13-15-29(38)16-14-28/h2-17,22,24H,18-21,23,25H2,1H3. The van der Waals surface area contributed by atoms with Crippen LogP contribution in [0, 0.1) is 6.92 Å². The number of rotatable bonds is 11. The van der Waals surface area contributed by atoms with Crippen LogP contribution < -0.4 is 4.90 Å². The number of morpholine rings is 1. The summed E-state index contributed by atoms with van der Waals surface area (Å²) < 4.78 is 35.9. The molecule has 0 unspecified atom stereocenters. The molecule has 260 valence electrons. The van der Waals surface area contributed by atoms with Crippen molar-refractivity contribution in [3.05, 3.63) is 125 Å². The van der Waals surface area contributed by atoms with Crippen molar-refractivity contribution in [3.8, 4) is 28.3 Å². The number of carbonyl (C=O) groups is 1. The molecule has 0 aliphatic carbocycles. The average Bonchev–Trinajstić information content (AvgIpc) is 3.82. The van der Waals surface area contributed by atoms with Crippen molar-refractivity contribution in [1.82, 2.24) is 24.1 Å². The van der Waals surface area contributed by atoms with Gasteiger partial charge in [-0.3, -0.25) is 14.3 Å². The summed E-state index contributed by atoms with van der Waals surface area (Å²) in [5, 5.41) is 12.7. The molecule has 0 N–H and O–H groups in total. The van der Waals surface area contributed by atoms with E-state index in [0.29, 0.717) is 59.5 Å². The van der Waals surface area contributed by atoms with E-state index in [1.165, 1.54) is 27.4 Å². The molecule has 1 aliphatic heterocycles. The van der Waals surface area contributed by atoms with E-state index in [9.17, 15) is 13.2 Å². The second-order valence-corrected chi connectivity index (χ2v) is 15.9. The molecule has 2 aromatic heterocycles. The first-order valence-electron chi connectivity index (χ1n) is 16.2. The molecule has 51 heavy (non-hydrogen) atoms. The van der Waals surface area contributed by atoms with Crippen LogP contribution in [0.3, 0.4) is 0 Å². The summed E-state index contributed by atoms with van der Waals surface area (Å²) >= 11 is 8.77. The van der Waals surface area contributed by atoms with Gasteiger partial charge in [-0.2, -0.15) is 4.31 Å². The lowest BCUT2D eigenvalue weighted by molar-refractivity contribution is -0.116. The largest absolute Gasteiger partial charge is 0.379 e. The predicted molar refractivity (Wildman–Crippen MR) is 202 cm³/mol. The molecule has 7 rings (SSSR count). The normalized spacial score (nSPS) is 13.7. The quantitative estimate of drug-likeness (QED) is 0.126. The van der Waals surface area contributed by atoms with Crippen molar-refractivity contribution in [2.24, 2.45) is 0 Å². The van der Waals surface area contributed by atoms with Gasteiger partial charge in [0.25, 0.3) is 0 Å². The van der Waals surface area contributed by atoms with Gasteiger partial charge in [-0.15, -0.1) is 21.5 Å². The zero-order valence-corrected chi connectivity index (χ0v) is 30.8. The van der Waals surface area contributed by atoms with Gasteiger partial charge in [-0.25, -0.2) is 13.4 Å².